The zero-order valence-electron chi connectivity index (χ0n) is 16.2. The second kappa shape index (κ2) is 8.63. The van der Waals surface area contributed by atoms with Crippen LogP contribution in [0.3, 0.4) is 0 Å². The molecule has 4 nitrogen and oxygen atoms in total. The van der Waals surface area contributed by atoms with E-state index in [1.165, 1.54) is 0 Å². The van der Waals surface area contributed by atoms with Crippen LogP contribution in [0.2, 0.25) is 0 Å². The minimum atomic E-state index is -0.513. The summed E-state index contributed by atoms with van der Waals surface area (Å²) >= 11 is 0. The first-order chi connectivity index (χ1) is 11.2. The monoisotopic (exact) mass is 333 g/mol. The van der Waals surface area contributed by atoms with Gasteiger partial charge in [0.1, 0.15) is 0 Å². The van der Waals surface area contributed by atoms with E-state index in [9.17, 15) is 4.79 Å². The maximum atomic E-state index is 12.6. The molecule has 0 saturated carbocycles. The molecular formula is C20H35N3O. The number of hydrogen-bond acceptors (Lipinski definition) is 3. The second-order valence-electron chi connectivity index (χ2n) is 7.30. The lowest BCUT2D eigenvalue weighted by molar-refractivity contribution is -0.136. The van der Waals surface area contributed by atoms with Crippen LogP contribution in [-0.4, -0.2) is 28.9 Å². The van der Waals surface area contributed by atoms with Crippen LogP contribution < -0.4 is 11.5 Å². The smallest absolute Gasteiger partial charge is 0.240 e. The van der Waals surface area contributed by atoms with E-state index in [2.05, 4.69) is 26.0 Å². The summed E-state index contributed by atoms with van der Waals surface area (Å²) in [5.74, 6) is 0.0133. The van der Waals surface area contributed by atoms with Crippen LogP contribution in [0.1, 0.15) is 65.5 Å². The van der Waals surface area contributed by atoms with Crippen molar-refractivity contribution in [2.75, 3.05) is 0 Å². The lowest BCUT2D eigenvalue weighted by atomic mass is 9.85. The van der Waals surface area contributed by atoms with Gasteiger partial charge in [-0.15, -0.1) is 0 Å². The van der Waals surface area contributed by atoms with Gasteiger partial charge in [-0.3, -0.25) is 4.79 Å². The van der Waals surface area contributed by atoms with E-state index >= 15 is 0 Å². The Morgan fingerprint density at radius 3 is 1.88 bits per heavy atom. The molecule has 0 aliphatic heterocycles. The van der Waals surface area contributed by atoms with Gasteiger partial charge in [0.2, 0.25) is 5.91 Å². The molecule has 0 aliphatic carbocycles. The maximum absolute atomic E-state index is 12.6. The zero-order valence-corrected chi connectivity index (χ0v) is 16.2. The number of benzene rings is 1. The Labute approximate surface area is 147 Å². The molecule has 0 bridgehead atoms. The lowest BCUT2D eigenvalue weighted by Gasteiger charge is -2.33. The van der Waals surface area contributed by atoms with E-state index < -0.39 is 6.04 Å². The Hall–Kier alpha value is -1.39. The SMILES string of the molecule is CCC(N)(CC)c1ccc(CC(N)C(=O)N(C(C)C)C(C)C)cc1. The third-order valence-corrected chi connectivity index (χ3v) is 4.93. The van der Waals surface area contributed by atoms with Crippen molar-refractivity contribution in [3.63, 3.8) is 0 Å². The van der Waals surface area contributed by atoms with Crippen molar-refractivity contribution in [1.82, 2.24) is 4.90 Å². The van der Waals surface area contributed by atoms with E-state index in [4.69, 9.17) is 11.5 Å². The molecule has 0 radical (unpaired) electrons. The Bertz CT molecular complexity index is 510. The van der Waals surface area contributed by atoms with Crippen LogP contribution >= 0.6 is 0 Å². The number of carbonyl (C=O) groups is 1. The maximum Gasteiger partial charge on any atom is 0.240 e. The highest BCUT2D eigenvalue weighted by Crippen LogP contribution is 2.26. The summed E-state index contributed by atoms with van der Waals surface area (Å²) < 4.78 is 0. The van der Waals surface area contributed by atoms with Gasteiger partial charge in [-0.25, -0.2) is 0 Å². The molecule has 1 amide bonds. The van der Waals surface area contributed by atoms with Crippen LogP contribution in [0.5, 0.6) is 0 Å². The van der Waals surface area contributed by atoms with Gasteiger partial charge in [0.25, 0.3) is 0 Å². The van der Waals surface area contributed by atoms with Crippen molar-refractivity contribution in [1.29, 1.82) is 0 Å². The van der Waals surface area contributed by atoms with Gasteiger partial charge in [-0.1, -0.05) is 38.1 Å². The molecule has 1 aromatic carbocycles. The summed E-state index contributed by atoms with van der Waals surface area (Å²) in [6.45, 7) is 12.3. The number of nitrogens with zero attached hydrogens (tertiary/aromatic N) is 1. The number of carbonyl (C=O) groups excluding carboxylic acids is 1. The molecule has 1 atom stereocenters. The predicted octanol–water partition coefficient (Wildman–Crippen LogP) is 3.18. The Balaban J connectivity index is 2.84. The minimum Gasteiger partial charge on any atom is -0.336 e. The third kappa shape index (κ3) is 4.81. The molecule has 0 aliphatic rings. The summed E-state index contributed by atoms with van der Waals surface area (Å²) in [6, 6.07) is 8.02. The number of amides is 1. The fourth-order valence-electron chi connectivity index (χ4n) is 3.27. The van der Waals surface area contributed by atoms with Crippen molar-refractivity contribution >= 4 is 5.91 Å². The fourth-order valence-corrected chi connectivity index (χ4v) is 3.27. The van der Waals surface area contributed by atoms with E-state index in [1.807, 2.05) is 44.7 Å². The normalized spacial score (nSPS) is 13.4. The first-order valence-corrected chi connectivity index (χ1v) is 9.12. The topological polar surface area (TPSA) is 72.3 Å². The summed E-state index contributed by atoms with van der Waals surface area (Å²) in [5.41, 5.74) is 14.6. The first-order valence-electron chi connectivity index (χ1n) is 9.12. The molecule has 4 heteroatoms. The zero-order chi connectivity index (χ0) is 18.5. The summed E-state index contributed by atoms with van der Waals surface area (Å²) in [7, 11) is 0. The average Bonchev–Trinajstić information content (AvgIpc) is 2.54. The van der Waals surface area contributed by atoms with Gasteiger partial charge in [-0.2, -0.15) is 0 Å². The molecule has 0 heterocycles. The highest BCUT2D eigenvalue weighted by Gasteiger charge is 2.26. The molecule has 0 spiro atoms. The Morgan fingerprint density at radius 2 is 1.50 bits per heavy atom. The van der Waals surface area contributed by atoms with E-state index in [0.717, 1.165) is 24.0 Å². The highest BCUT2D eigenvalue weighted by molar-refractivity contribution is 5.82. The third-order valence-electron chi connectivity index (χ3n) is 4.93. The largest absolute Gasteiger partial charge is 0.336 e. The molecule has 1 unspecified atom stereocenters. The van der Waals surface area contributed by atoms with Crippen molar-refractivity contribution < 1.29 is 4.79 Å². The summed E-state index contributed by atoms with van der Waals surface area (Å²) in [6.07, 6.45) is 2.35. The lowest BCUT2D eigenvalue weighted by Crippen LogP contribution is -2.50. The van der Waals surface area contributed by atoms with Gasteiger partial charge >= 0.3 is 0 Å². The molecule has 4 N–H and O–H groups in total. The molecule has 0 saturated heterocycles. The van der Waals surface area contributed by atoms with Crippen LogP contribution in [0.15, 0.2) is 24.3 Å². The van der Waals surface area contributed by atoms with Gasteiger partial charge in [-0.05, 0) is 58.1 Å². The van der Waals surface area contributed by atoms with Crippen LogP contribution in [0.4, 0.5) is 0 Å². The van der Waals surface area contributed by atoms with Crippen molar-refractivity contribution in [2.45, 2.75) is 84.5 Å². The number of hydrogen-bond donors (Lipinski definition) is 2. The first kappa shape index (κ1) is 20.7. The van der Waals surface area contributed by atoms with Gasteiger partial charge in [0.05, 0.1) is 6.04 Å². The van der Waals surface area contributed by atoms with E-state index in [0.29, 0.717) is 6.42 Å². The molecule has 24 heavy (non-hydrogen) atoms. The molecule has 136 valence electrons. The van der Waals surface area contributed by atoms with Crippen LogP contribution in [0, 0.1) is 0 Å². The summed E-state index contributed by atoms with van der Waals surface area (Å²) in [5, 5.41) is 0. The minimum absolute atomic E-state index is 0.0133. The number of nitrogens with two attached hydrogens (primary N) is 2. The highest BCUT2D eigenvalue weighted by atomic mass is 16.2. The molecule has 1 rings (SSSR count). The van der Waals surface area contributed by atoms with Crippen LogP contribution in [0.25, 0.3) is 0 Å². The number of rotatable bonds is 8. The summed E-state index contributed by atoms with van der Waals surface area (Å²) in [4.78, 5) is 14.5. The van der Waals surface area contributed by atoms with Crippen LogP contribution in [-0.2, 0) is 16.8 Å². The van der Waals surface area contributed by atoms with Gasteiger partial charge in [0.15, 0.2) is 0 Å². The fraction of sp³-hybridized carbons (Fsp3) is 0.650. The molecule has 1 aromatic rings. The Kier molecular flexibility index (Phi) is 7.43. The van der Waals surface area contributed by atoms with Crippen molar-refractivity contribution in [3.05, 3.63) is 35.4 Å². The Morgan fingerprint density at radius 1 is 1.04 bits per heavy atom. The van der Waals surface area contributed by atoms with Crippen molar-refractivity contribution in [3.8, 4) is 0 Å². The standard InChI is InChI=1S/C20H35N3O/c1-7-20(22,8-2)17-11-9-16(10-12-17)13-18(21)19(24)23(14(3)4)15(5)6/h9-12,14-15,18H,7-8,13,21-22H2,1-6H3. The van der Waals surface area contributed by atoms with Gasteiger partial charge < -0.3 is 16.4 Å². The van der Waals surface area contributed by atoms with Gasteiger partial charge in [0, 0.05) is 17.6 Å². The quantitative estimate of drug-likeness (QED) is 0.767. The van der Waals surface area contributed by atoms with E-state index in [1.54, 1.807) is 0 Å². The second-order valence-corrected chi connectivity index (χ2v) is 7.30. The van der Waals surface area contributed by atoms with E-state index in [-0.39, 0.29) is 23.5 Å². The predicted molar refractivity (Wildman–Crippen MR) is 102 cm³/mol. The average molecular weight is 334 g/mol. The molecular weight excluding hydrogens is 298 g/mol. The molecule has 0 fully saturated rings. The molecule has 0 aromatic heterocycles. The van der Waals surface area contributed by atoms with Crippen molar-refractivity contribution in [2.24, 2.45) is 11.5 Å².